The summed E-state index contributed by atoms with van der Waals surface area (Å²) in [6, 6.07) is 5.75. The number of aliphatic hydroxyl groups is 1. The molecule has 2 rings (SSSR count). The van der Waals surface area contributed by atoms with E-state index in [1.54, 1.807) is 14.2 Å². The second-order valence-corrected chi connectivity index (χ2v) is 4.79. The summed E-state index contributed by atoms with van der Waals surface area (Å²) in [5, 5.41) is 16.3. The largest absolute Gasteiger partial charge is 0.497 e. The van der Waals surface area contributed by atoms with Gasteiger partial charge in [-0.2, -0.15) is 0 Å². The molecule has 20 heavy (non-hydrogen) atoms. The molecule has 1 aromatic carbocycles. The Morgan fingerprint density at radius 3 is 2.70 bits per heavy atom. The van der Waals surface area contributed by atoms with Gasteiger partial charge >= 0.3 is 0 Å². The van der Waals surface area contributed by atoms with E-state index in [2.05, 4.69) is 10.6 Å². The monoisotopic (exact) mass is 302 g/mol. The number of benzene rings is 1. The molecule has 2 unspecified atom stereocenters. The smallest absolute Gasteiger partial charge is 0.123 e. The molecule has 0 radical (unpaired) electrons. The lowest BCUT2D eigenvalue weighted by molar-refractivity contribution is 0.146. The number of aliphatic hydroxyl groups excluding tert-OH is 1. The van der Waals surface area contributed by atoms with Gasteiger partial charge in [-0.1, -0.05) is 0 Å². The Bertz CT molecular complexity index is 417. The maximum Gasteiger partial charge on any atom is 0.123 e. The standard InChI is InChI=1S/C14H22N2O3.ClH/c1-18-12-3-4-14(19-2)10(5-12)6-15-7-11-8-16-9-13(11)17;/h3-5,11,13,15-17H,6-9H2,1-2H3;1H. The Labute approximate surface area is 126 Å². The van der Waals surface area contributed by atoms with Crippen LogP contribution < -0.4 is 20.1 Å². The van der Waals surface area contributed by atoms with E-state index in [9.17, 15) is 5.11 Å². The Kier molecular flexibility index (Phi) is 7.09. The van der Waals surface area contributed by atoms with E-state index in [1.165, 1.54) is 0 Å². The zero-order valence-corrected chi connectivity index (χ0v) is 12.7. The van der Waals surface area contributed by atoms with E-state index in [4.69, 9.17) is 9.47 Å². The number of hydrogen-bond donors (Lipinski definition) is 3. The van der Waals surface area contributed by atoms with Gasteiger partial charge in [0.05, 0.1) is 20.3 Å². The van der Waals surface area contributed by atoms with Gasteiger partial charge in [-0.25, -0.2) is 0 Å². The first-order valence-electron chi connectivity index (χ1n) is 6.55. The normalized spacial score (nSPS) is 21.4. The highest BCUT2D eigenvalue weighted by Gasteiger charge is 2.24. The number of halogens is 1. The second-order valence-electron chi connectivity index (χ2n) is 4.79. The first-order chi connectivity index (χ1) is 9.24. The van der Waals surface area contributed by atoms with Gasteiger partial charge in [-0.15, -0.1) is 12.4 Å². The van der Waals surface area contributed by atoms with Gasteiger partial charge in [0.15, 0.2) is 0 Å². The molecule has 1 saturated heterocycles. The third-order valence-corrected chi connectivity index (χ3v) is 3.51. The van der Waals surface area contributed by atoms with E-state index >= 15 is 0 Å². The fourth-order valence-corrected chi connectivity index (χ4v) is 2.34. The summed E-state index contributed by atoms with van der Waals surface area (Å²) < 4.78 is 10.5. The fraction of sp³-hybridized carbons (Fsp3) is 0.571. The Morgan fingerprint density at radius 2 is 2.10 bits per heavy atom. The van der Waals surface area contributed by atoms with E-state index < -0.39 is 0 Å². The van der Waals surface area contributed by atoms with Crippen LogP contribution in [0.2, 0.25) is 0 Å². The minimum Gasteiger partial charge on any atom is -0.497 e. The third-order valence-electron chi connectivity index (χ3n) is 3.51. The van der Waals surface area contributed by atoms with Crippen LogP contribution in [0.1, 0.15) is 5.56 Å². The van der Waals surface area contributed by atoms with Crippen molar-refractivity contribution in [2.75, 3.05) is 33.9 Å². The predicted octanol–water partition coefficient (Wildman–Crippen LogP) is 0.795. The molecule has 3 N–H and O–H groups in total. The van der Waals surface area contributed by atoms with Crippen LogP contribution in [0, 0.1) is 5.92 Å². The van der Waals surface area contributed by atoms with Gasteiger partial charge in [-0.05, 0) is 18.2 Å². The van der Waals surface area contributed by atoms with Crippen LogP contribution in [-0.4, -0.2) is 45.1 Å². The SMILES string of the molecule is COc1ccc(OC)c(CNCC2CNCC2O)c1.Cl. The van der Waals surface area contributed by atoms with Crippen LogP contribution in [0.3, 0.4) is 0 Å². The van der Waals surface area contributed by atoms with Crippen LogP contribution in [0.4, 0.5) is 0 Å². The molecule has 1 heterocycles. The summed E-state index contributed by atoms with van der Waals surface area (Å²) >= 11 is 0. The number of nitrogens with one attached hydrogen (secondary N) is 2. The summed E-state index contributed by atoms with van der Waals surface area (Å²) in [7, 11) is 3.32. The van der Waals surface area contributed by atoms with Crippen molar-refractivity contribution in [1.29, 1.82) is 0 Å². The highest BCUT2D eigenvalue weighted by molar-refractivity contribution is 5.85. The lowest BCUT2D eigenvalue weighted by Gasteiger charge is -2.15. The van der Waals surface area contributed by atoms with Crippen molar-refractivity contribution in [1.82, 2.24) is 10.6 Å². The highest BCUT2D eigenvalue weighted by Crippen LogP contribution is 2.23. The van der Waals surface area contributed by atoms with Crippen molar-refractivity contribution in [3.8, 4) is 11.5 Å². The van der Waals surface area contributed by atoms with Crippen molar-refractivity contribution in [2.45, 2.75) is 12.6 Å². The molecule has 0 aliphatic carbocycles. The molecule has 2 atom stereocenters. The van der Waals surface area contributed by atoms with Crippen LogP contribution in [-0.2, 0) is 6.54 Å². The van der Waals surface area contributed by atoms with E-state index in [0.717, 1.165) is 30.2 Å². The van der Waals surface area contributed by atoms with Crippen LogP contribution in [0.5, 0.6) is 11.5 Å². The van der Waals surface area contributed by atoms with Crippen molar-refractivity contribution >= 4 is 12.4 Å². The zero-order valence-electron chi connectivity index (χ0n) is 11.9. The lowest BCUT2D eigenvalue weighted by atomic mass is 10.1. The minimum absolute atomic E-state index is 0. The van der Waals surface area contributed by atoms with Gasteiger partial charge in [0.25, 0.3) is 0 Å². The average molecular weight is 303 g/mol. The molecule has 1 aliphatic heterocycles. The first-order valence-corrected chi connectivity index (χ1v) is 6.55. The molecule has 0 spiro atoms. The Morgan fingerprint density at radius 1 is 1.30 bits per heavy atom. The van der Waals surface area contributed by atoms with Gasteiger partial charge in [0.2, 0.25) is 0 Å². The van der Waals surface area contributed by atoms with E-state index in [1.807, 2.05) is 18.2 Å². The van der Waals surface area contributed by atoms with E-state index in [0.29, 0.717) is 13.1 Å². The minimum atomic E-state index is -0.250. The van der Waals surface area contributed by atoms with Crippen molar-refractivity contribution < 1.29 is 14.6 Å². The molecular weight excluding hydrogens is 280 g/mol. The van der Waals surface area contributed by atoms with Gasteiger partial charge < -0.3 is 25.2 Å². The van der Waals surface area contributed by atoms with Crippen LogP contribution >= 0.6 is 12.4 Å². The maximum atomic E-state index is 9.72. The zero-order chi connectivity index (χ0) is 13.7. The van der Waals surface area contributed by atoms with Crippen molar-refractivity contribution in [2.24, 2.45) is 5.92 Å². The molecule has 0 saturated carbocycles. The van der Waals surface area contributed by atoms with Gasteiger partial charge in [0, 0.05) is 37.7 Å². The number of β-amino-alcohol motifs (C(OH)–C–C–N with tert-alkyl or cyclic N) is 1. The molecule has 114 valence electrons. The summed E-state index contributed by atoms with van der Waals surface area (Å²) in [5.41, 5.74) is 1.06. The molecule has 0 bridgehead atoms. The average Bonchev–Trinajstić information content (AvgIpc) is 2.84. The Hall–Kier alpha value is -1.01. The summed E-state index contributed by atoms with van der Waals surface area (Å²) in [6.07, 6.45) is -0.250. The molecule has 0 amide bonds. The predicted molar refractivity (Wildman–Crippen MR) is 80.9 cm³/mol. The maximum absolute atomic E-state index is 9.72. The van der Waals surface area contributed by atoms with Crippen molar-refractivity contribution in [3.05, 3.63) is 23.8 Å². The fourth-order valence-electron chi connectivity index (χ4n) is 2.34. The highest BCUT2D eigenvalue weighted by atomic mass is 35.5. The topological polar surface area (TPSA) is 62.8 Å². The molecule has 0 aromatic heterocycles. The molecule has 1 aliphatic rings. The summed E-state index contributed by atoms with van der Waals surface area (Å²) in [4.78, 5) is 0. The molecule has 6 heteroatoms. The van der Waals surface area contributed by atoms with Crippen molar-refractivity contribution in [3.63, 3.8) is 0 Å². The Balaban J connectivity index is 0.00000200. The molecule has 1 fully saturated rings. The molecule has 5 nitrogen and oxygen atoms in total. The lowest BCUT2D eigenvalue weighted by Crippen LogP contribution is -2.30. The molecule has 1 aromatic rings. The third kappa shape index (κ3) is 4.24. The summed E-state index contributed by atoms with van der Waals surface area (Å²) in [5.74, 6) is 1.94. The number of rotatable bonds is 6. The summed E-state index contributed by atoms with van der Waals surface area (Å²) in [6.45, 7) is 3.04. The number of hydrogen-bond acceptors (Lipinski definition) is 5. The quantitative estimate of drug-likeness (QED) is 0.725. The van der Waals surface area contributed by atoms with Gasteiger partial charge in [0.1, 0.15) is 11.5 Å². The van der Waals surface area contributed by atoms with E-state index in [-0.39, 0.29) is 24.4 Å². The van der Waals surface area contributed by atoms with Gasteiger partial charge in [-0.3, -0.25) is 0 Å². The van der Waals surface area contributed by atoms with Crippen LogP contribution in [0.15, 0.2) is 18.2 Å². The second kappa shape index (κ2) is 8.32. The number of methoxy groups -OCH3 is 2. The first kappa shape index (κ1) is 17.0. The number of ether oxygens (including phenoxy) is 2. The van der Waals surface area contributed by atoms with Crippen LogP contribution in [0.25, 0.3) is 0 Å². The molecular formula is C14H23ClN2O3.